The molecule has 1 aromatic carbocycles. The summed E-state index contributed by atoms with van der Waals surface area (Å²) in [5.74, 6) is 0.703. The summed E-state index contributed by atoms with van der Waals surface area (Å²) in [6, 6.07) is 12.2. The van der Waals surface area contributed by atoms with Gasteiger partial charge in [0.05, 0.1) is 11.4 Å². The van der Waals surface area contributed by atoms with Gasteiger partial charge in [-0.3, -0.25) is 0 Å². The van der Waals surface area contributed by atoms with Gasteiger partial charge in [-0.25, -0.2) is 4.57 Å². The van der Waals surface area contributed by atoms with E-state index in [1.54, 1.807) is 0 Å². The molecule has 0 aliphatic heterocycles. The van der Waals surface area contributed by atoms with Gasteiger partial charge < -0.3 is 4.90 Å². The summed E-state index contributed by atoms with van der Waals surface area (Å²) in [6.07, 6.45) is 5.13. The quantitative estimate of drug-likeness (QED) is 0.534. The van der Waals surface area contributed by atoms with Crippen LogP contribution in [0.15, 0.2) is 59.0 Å². The van der Waals surface area contributed by atoms with E-state index in [4.69, 9.17) is 0 Å². The maximum absolute atomic E-state index is 4.31. The van der Waals surface area contributed by atoms with Crippen molar-refractivity contribution in [1.82, 2.24) is 0 Å². The van der Waals surface area contributed by atoms with Gasteiger partial charge in [0.25, 0.3) is 0 Å². The molecule has 0 saturated carbocycles. The number of rotatable bonds is 7. The largest absolute Gasteiger partial charge is 0.372 e. The highest BCUT2D eigenvalue weighted by atomic mass is 15.1. The van der Waals surface area contributed by atoms with Crippen molar-refractivity contribution in [2.24, 2.45) is 23.2 Å². The van der Waals surface area contributed by atoms with Gasteiger partial charge >= 0.3 is 0 Å². The third kappa shape index (κ3) is 5.16. The molecule has 0 spiro atoms. The summed E-state index contributed by atoms with van der Waals surface area (Å²) < 4.78 is 1.98. The van der Waals surface area contributed by atoms with E-state index in [-0.39, 0.29) is 0 Å². The Morgan fingerprint density at radius 2 is 1.52 bits per heavy atom. The van der Waals surface area contributed by atoms with Crippen LogP contribution in [0.5, 0.6) is 0 Å². The molecule has 1 aromatic heterocycles. The minimum atomic E-state index is 0.703. The van der Waals surface area contributed by atoms with Crippen molar-refractivity contribution in [3.8, 4) is 0 Å². The van der Waals surface area contributed by atoms with Gasteiger partial charge in [0.1, 0.15) is 7.05 Å². The fourth-order valence-electron chi connectivity index (χ4n) is 2.33. The van der Waals surface area contributed by atoms with Crippen molar-refractivity contribution in [3.05, 3.63) is 48.8 Å². The number of nitrogens with zero attached hydrogens (tertiary/aromatic N) is 4. The van der Waals surface area contributed by atoms with E-state index < -0.39 is 0 Å². The normalized spacial score (nSPS) is 12.5. The number of aryl methyl sites for hydroxylation is 1. The standard InChI is InChI=1S/C19H27N4/c1-5-16(3)15-23(6-2)19-9-7-17(8-10-19)20-21-18-11-13-22(4)14-12-18/h7-14,16H,5-6,15H2,1-4H3/q+1. The molecule has 23 heavy (non-hydrogen) atoms. The number of anilines is 1. The van der Waals surface area contributed by atoms with Crippen molar-refractivity contribution in [2.45, 2.75) is 27.2 Å². The van der Waals surface area contributed by atoms with Crippen molar-refractivity contribution in [1.29, 1.82) is 0 Å². The molecule has 0 amide bonds. The number of pyridine rings is 1. The highest BCUT2D eigenvalue weighted by molar-refractivity contribution is 5.52. The van der Waals surface area contributed by atoms with Crippen LogP contribution in [0.3, 0.4) is 0 Å². The molecule has 0 saturated heterocycles. The third-order valence-electron chi connectivity index (χ3n) is 4.07. The molecule has 0 aliphatic carbocycles. The summed E-state index contributed by atoms with van der Waals surface area (Å²) in [5, 5.41) is 8.58. The molecule has 122 valence electrons. The second kappa shape index (κ2) is 8.42. The summed E-state index contributed by atoms with van der Waals surface area (Å²) in [6.45, 7) is 8.85. The van der Waals surface area contributed by atoms with Crippen LogP contribution in [0.1, 0.15) is 27.2 Å². The van der Waals surface area contributed by atoms with Crippen LogP contribution in [0.4, 0.5) is 17.1 Å². The minimum absolute atomic E-state index is 0.703. The molecule has 0 aliphatic rings. The van der Waals surface area contributed by atoms with Gasteiger partial charge in [0.15, 0.2) is 12.4 Å². The third-order valence-corrected chi connectivity index (χ3v) is 4.07. The lowest BCUT2D eigenvalue weighted by Crippen LogP contribution is -2.27. The average Bonchev–Trinajstić information content (AvgIpc) is 2.59. The van der Waals surface area contributed by atoms with Crippen molar-refractivity contribution in [3.63, 3.8) is 0 Å². The van der Waals surface area contributed by atoms with E-state index in [1.165, 1.54) is 12.1 Å². The fraction of sp³-hybridized carbons (Fsp3) is 0.421. The van der Waals surface area contributed by atoms with Gasteiger partial charge in [0, 0.05) is 30.9 Å². The van der Waals surface area contributed by atoms with E-state index in [0.717, 1.165) is 24.5 Å². The van der Waals surface area contributed by atoms with Crippen LogP contribution in [0, 0.1) is 5.92 Å². The van der Waals surface area contributed by atoms with Gasteiger partial charge in [-0.2, -0.15) is 10.2 Å². The van der Waals surface area contributed by atoms with Crippen LogP contribution < -0.4 is 9.47 Å². The highest BCUT2D eigenvalue weighted by Gasteiger charge is 2.08. The molecule has 0 fully saturated rings. The zero-order valence-electron chi connectivity index (χ0n) is 14.6. The number of benzene rings is 1. The SMILES string of the molecule is CCC(C)CN(CC)c1ccc(N=Nc2cc[n+](C)cc2)cc1. The molecule has 0 N–H and O–H groups in total. The molecule has 0 radical (unpaired) electrons. The maximum Gasteiger partial charge on any atom is 0.170 e. The van der Waals surface area contributed by atoms with Gasteiger partial charge in [-0.05, 0) is 37.1 Å². The van der Waals surface area contributed by atoms with Gasteiger partial charge in [-0.15, -0.1) is 0 Å². The van der Waals surface area contributed by atoms with E-state index in [9.17, 15) is 0 Å². The van der Waals surface area contributed by atoms with Crippen LogP contribution in [0.2, 0.25) is 0 Å². The van der Waals surface area contributed by atoms with Crippen LogP contribution in [-0.2, 0) is 7.05 Å². The average molecular weight is 311 g/mol. The number of azo groups is 1. The highest BCUT2D eigenvalue weighted by Crippen LogP contribution is 2.22. The Balaban J connectivity index is 2.04. The Morgan fingerprint density at radius 1 is 0.957 bits per heavy atom. The van der Waals surface area contributed by atoms with Crippen molar-refractivity contribution < 1.29 is 4.57 Å². The van der Waals surface area contributed by atoms with E-state index in [1.807, 2.05) is 48.3 Å². The lowest BCUT2D eigenvalue weighted by molar-refractivity contribution is -0.671. The predicted molar refractivity (Wildman–Crippen MR) is 95.6 cm³/mol. The van der Waals surface area contributed by atoms with Crippen molar-refractivity contribution in [2.75, 3.05) is 18.0 Å². The lowest BCUT2D eigenvalue weighted by Gasteiger charge is -2.26. The minimum Gasteiger partial charge on any atom is -0.372 e. The van der Waals surface area contributed by atoms with Gasteiger partial charge in [-0.1, -0.05) is 20.3 Å². The molecule has 4 heteroatoms. The van der Waals surface area contributed by atoms with E-state index >= 15 is 0 Å². The lowest BCUT2D eigenvalue weighted by atomic mass is 10.1. The molecule has 1 atom stereocenters. The smallest absolute Gasteiger partial charge is 0.170 e. The second-order valence-electron chi connectivity index (χ2n) is 5.99. The first kappa shape index (κ1) is 17.1. The van der Waals surface area contributed by atoms with Crippen molar-refractivity contribution >= 4 is 17.1 Å². The first-order chi connectivity index (χ1) is 11.1. The topological polar surface area (TPSA) is 31.8 Å². The predicted octanol–water partition coefficient (Wildman–Crippen LogP) is 4.80. The van der Waals surface area contributed by atoms with Gasteiger partial charge in [0.2, 0.25) is 0 Å². The first-order valence-corrected chi connectivity index (χ1v) is 8.34. The Hall–Kier alpha value is -2.23. The van der Waals surface area contributed by atoms with Crippen LogP contribution in [0.25, 0.3) is 0 Å². The molecule has 2 aromatic rings. The summed E-state index contributed by atoms with van der Waals surface area (Å²) in [7, 11) is 1.98. The molecule has 1 unspecified atom stereocenters. The zero-order chi connectivity index (χ0) is 16.7. The number of hydrogen-bond donors (Lipinski definition) is 0. The maximum atomic E-state index is 4.31. The number of aromatic nitrogens is 1. The zero-order valence-corrected chi connectivity index (χ0v) is 14.6. The summed E-state index contributed by atoms with van der Waals surface area (Å²) in [4.78, 5) is 2.41. The summed E-state index contributed by atoms with van der Waals surface area (Å²) >= 11 is 0. The monoisotopic (exact) mass is 311 g/mol. The Kier molecular flexibility index (Phi) is 6.27. The number of hydrogen-bond acceptors (Lipinski definition) is 3. The second-order valence-corrected chi connectivity index (χ2v) is 5.99. The molecular formula is C19H27N4+. The Labute approximate surface area is 139 Å². The molecule has 4 nitrogen and oxygen atoms in total. The molecular weight excluding hydrogens is 284 g/mol. The molecule has 2 rings (SSSR count). The van der Waals surface area contributed by atoms with Crippen LogP contribution in [-0.4, -0.2) is 13.1 Å². The fourth-order valence-corrected chi connectivity index (χ4v) is 2.33. The Morgan fingerprint density at radius 3 is 2.04 bits per heavy atom. The summed E-state index contributed by atoms with van der Waals surface area (Å²) in [5.41, 5.74) is 2.99. The van der Waals surface area contributed by atoms with E-state index in [2.05, 4.69) is 48.0 Å². The first-order valence-electron chi connectivity index (χ1n) is 8.34. The molecule has 0 bridgehead atoms. The van der Waals surface area contributed by atoms with Crippen LogP contribution >= 0.6 is 0 Å². The Bertz CT molecular complexity index is 617. The molecule has 1 heterocycles. The van der Waals surface area contributed by atoms with E-state index in [0.29, 0.717) is 5.92 Å².